The third-order valence-electron chi connectivity index (χ3n) is 2.79. The molecule has 0 aliphatic heterocycles. The summed E-state index contributed by atoms with van der Waals surface area (Å²) in [6.07, 6.45) is 0.514. The Morgan fingerprint density at radius 2 is 1.68 bits per heavy atom. The maximum atomic E-state index is 10.8. The molecule has 0 fully saturated rings. The second-order valence-corrected chi connectivity index (χ2v) is 5.90. The minimum absolute atomic E-state index is 0.0779. The van der Waals surface area contributed by atoms with Crippen molar-refractivity contribution >= 4 is 5.97 Å². The van der Waals surface area contributed by atoms with E-state index < -0.39 is 11.5 Å². The molecule has 0 spiro atoms. The molecular formula is C15H22N2O2. The normalized spacial score (nSPS) is 15.4. The summed E-state index contributed by atoms with van der Waals surface area (Å²) >= 11 is 0. The molecule has 1 unspecified atom stereocenters. The van der Waals surface area contributed by atoms with E-state index in [-0.39, 0.29) is 12.0 Å². The first kappa shape index (κ1) is 15.3. The lowest BCUT2D eigenvalue weighted by atomic mass is 9.88. The van der Waals surface area contributed by atoms with E-state index in [1.807, 2.05) is 58.0 Å². The summed E-state index contributed by atoms with van der Waals surface area (Å²) in [5.74, 6) is -0.812. The van der Waals surface area contributed by atoms with Gasteiger partial charge in [0.2, 0.25) is 0 Å². The number of benzene rings is 1. The maximum absolute atomic E-state index is 10.8. The van der Waals surface area contributed by atoms with Crippen LogP contribution in [0.15, 0.2) is 40.6 Å². The molecule has 0 bridgehead atoms. The van der Waals surface area contributed by atoms with Crippen LogP contribution >= 0.6 is 0 Å². The zero-order chi connectivity index (χ0) is 14.5. The molecular weight excluding hydrogens is 240 g/mol. The Morgan fingerprint density at radius 3 is 2.16 bits per heavy atom. The van der Waals surface area contributed by atoms with Crippen molar-refractivity contribution in [3.8, 4) is 0 Å². The molecule has 19 heavy (non-hydrogen) atoms. The summed E-state index contributed by atoms with van der Waals surface area (Å²) in [6.45, 7) is 7.85. The van der Waals surface area contributed by atoms with Crippen LogP contribution in [-0.4, -0.2) is 16.6 Å². The summed E-state index contributed by atoms with van der Waals surface area (Å²) in [4.78, 5) is 10.8. The Hall–Kier alpha value is -1.71. The number of carboxylic acids is 1. The molecule has 4 heteroatoms. The van der Waals surface area contributed by atoms with Crippen molar-refractivity contribution in [2.45, 2.75) is 51.6 Å². The van der Waals surface area contributed by atoms with Gasteiger partial charge in [-0.05, 0) is 39.7 Å². The third kappa shape index (κ3) is 5.20. The third-order valence-corrected chi connectivity index (χ3v) is 2.79. The predicted octanol–water partition coefficient (Wildman–Crippen LogP) is 4.02. The number of azo groups is 1. The molecule has 0 aliphatic rings. The largest absolute Gasteiger partial charge is 0.481 e. The van der Waals surface area contributed by atoms with Gasteiger partial charge in [-0.25, -0.2) is 0 Å². The van der Waals surface area contributed by atoms with Gasteiger partial charge in [0.15, 0.2) is 0 Å². The van der Waals surface area contributed by atoms with Gasteiger partial charge in [0.1, 0.15) is 5.54 Å². The van der Waals surface area contributed by atoms with E-state index in [0.717, 1.165) is 5.56 Å². The molecule has 1 aromatic rings. The lowest BCUT2D eigenvalue weighted by Crippen LogP contribution is -2.22. The summed E-state index contributed by atoms with van der Waals surface area (Å²) < 4.78 is 0. The molecule has 0 radical (unpaired) electrons. The van der Waals surface area contributed by atoms with Crippen molar-refractivity contribution < 1.29 is 9.90 Å². The summed E-state index contributed by atoms with van der Waals surface area (Å²) in [6, 6.07) is 9.72. The van der Waals surface area contributed by atoms with Gasteiger partial charge in [-0.1, -0.05) is 30.3 Å². The lowest BCUT2D eigenvalue weighted by molar-refractivity contribution is -0.137. The fourth-order valence-corrected chi connectivity index (χ4v) is 1.66. The SMILES string of the molecule is CC(C)(C)/N=N/C(C)(CCC(=O)O)c1ccccc1. The van der Waals surface area contributed by atoms with Gasteiger partial charge >= 0.3 is 5.97 Å². The van der Waals surface area contributed by atoms with Gasteiger partial charge < -0.3 is 5.11 Å². The summed E-state index contributed by atoms with van der Waals surface area (Å²) in [7, 11) is 0. The van der Waals surface area contributed by atoms with Crippen LogP contribution < -0.4 is 0 Å². The molecule has 1 rings (SSSR count). The maximum Gasteiger partial charge on any atom is 0.303 e. The summed E-state index contributed by atoms with van der Waals surface area (Å²) in [5.41, 5.74) is 0.135. The topological polar surface area (TPSA) is 62.0 Å². The number of rotatable bonds is 5. The number of carbonyl (C=O) groups is 1. The van der Waals surface area contributed by atoms with Crippen molar-refractivity contribution in [3.63, 3.8) is 0 Å². The minimum Gasteiger partial charge on any atom is -0.481 e. The quantitative estimate of drug-likeness (QED) is 0.815. The molecule has 1 N–H and O–H groups in total. The van der Waals surface area contributed by atoms with E-state index in [0.29, 0.717) is 6.42 Å². The Morgan fingerprint density at radius 1 is 1.11 bits per heavy atom. The molecule has 0 aromatic heterocycles. The van der Waals surface area contributed by atoms with E-state index in [9.17, 15) is 4.79 Å². The lowest BCUT2D eigenvalue weighted by Gasteiger charge is -2.25. The molecule has 0 heterocycles. The van der Waals surface area contributed by atoms with Gasteiger partial charge in [0.05, 0.1) is 5.54 Å². The molecule has 1 atom stereocenters. The number of hydrogen-bond donors (Lipinski definition) is 1. The van der Waals surface area contributed by atoms with Crippen LogP contribution in [0.2, 0.25) is 0 Å². The van der Waals surface area contributed by atoms with Crippen molar-refractivity contribution in [2.75, 3.05) is 0 Å². The fourth-order valence-electron chi connectivity index (χ4n) is 1.66. The van der Waals surface area contributed by atoms with Crippen LogP contribution in [0, 0.1) is 0 Å². The standard InChI is InChI=1S/C15H22N2O2/c1-14(2,3)16-17-15(4,11-10-13(18)19)12-8-6-5-7-9-12/h5-9H,10-11H2,1-4H3,(H,18,19)/b17-16+. The Kier molecular flexibility index (Phi) is 4.81. The Labute approximate surface area is 114 Å². The molecule has 1 aromatic carbocycles. The van der Waals surface area contributed by atoms with Gasteiger partial charge in [0.25, 0.3) is 0 Å². The highest BCUT2D eigenvalue weighted by Gasteiger charge is 2.28. The van der Waals surface area contributed by atoms with E-state index >= 15 is 0 Å². The molecule has 0 saturated heterocycles. The molecule has 0 aliphatic carbocycles. The molecule has 104 valence electrons. The monoisotopic (exact) mass is 262 g/mol. The molecule has 0 saturated carbocycles. The van der Waals surface area contributed by atoms with Crippen molar-refractivity contribution in [2.24, 2.45) is 10.2 Å². The van der Waals surface area contributed by atoms with E-state index in [4.69, 9.17) is 5.11 Å². The zero-order valence-electron chi connectivity index (χ0n) is 12.1. The minimum atomic E-state index is -0.812. The number of carboxylic acid groups (broad SMARTS) is 1. The van der Waals surface area contributed by atoms with E-state index in [1.165, 1.54) is 0 Å². The molecule has 4 nitrogen and oxygen atoms in total. The highest BCUT2D eigenvalue weighted by molar-refractivity contribution is 5.66. The first-order valence-corrected chi connectivity index (χ1v) is 6.44. The van der Waals surface area contributed by atoms with Crippen LogP contribution in [-0.2, 0) is 10.3 Å². The van der Waals surface area contributed by atoms with Crippen LogP contribution in [0.4, 0.5) is 0 Å². The number of nitrogens with zero attached hydrogens (tertiary/aromatic N) is 2. The van der Waals surface area contributed by atoms with Crippen LogP contribution in [0.25, 0.3) is 0 Å². The molecule has 0 amide bonds. The average Bonchev–Trinajstić information content (AvgIpc) is 2.34. The van der Waals surface area contributed by atoms with Crippen LogP contribution in [0.5, 0.6) is 0 Å². The Bertz CT molecular complexity index is 449. The van der Waals surface area contributed by atoms with Crippen LogP contribution in [0.1, 0.15) is 46.1 Å². The van der Waals surface area contributed by atoms with Crippen LogP contribution in [0.3, 0.4) is 0 Å². The van der Waals surface area contributed by atoms with Gasteiger partial charge in [-0.15, -0.1) is 0 Å². The first-order chi connectivity index (χ1) is 8.73. The smallest absolute Gasteiger partial charge is 0.303 e. The van der Waals surface area contributed by atoms with Gasteiger partial charge in [-0.2, -0.15) is 10.2 Å². The van der Waals surface area contributed by atoms with E-state index in [1.54, 1.807) is 0 Å². The predicted molar refractivity (Wildman–Crippen MR) is 75.3 cm³/mol. The highest BCUT2D eigenvalue weighted by atomic mass is 16.4. The first-order valence-electron chi connectivity index (χ1n) is 6.44. The van der Waals surface area contributed by atoms with Crippen molar-refractivity contribution in [3.05, 3.63) is 35.9 Å². The second-order valence-electron chi connectivity index (χ2n) is 5.90. The van der Waals surface area contributed by atoms with Crippen molar-refractivity contribution in [1.29, 1.82) is 0 Å². The van der Waals surface area contributed by atoms with E-state index in [2.05, 4.69) is 10.2 Å². The van der Waals surface area contributed by atoms with Crippen molar-refractivity contribution in [1.82, 2.24) is 0 Å². The zero-order valence-corrected chi connectivity index (χ0v) is 12.1. The number of aliphatic carboxylic acids is 1. The number of hydrogen-bond acceptors (Lipinski definition) is 3. The van der Waals surface area contributed by atoms with Gasteiger partial charge in [-0.3, -0.25) is 4.79 Å². The fraction of sp³-hybridized carbons (Fsp3) is 0.533. The average molecular weight is 262 g/mol. The Balaban J connectivity index is 3.03. The summed E-state index contributed by atoms with van der Waals surface area (Å²) in [5, 5.41) is 17.6. The highest BCUT2D eigenvalue weighted by Crippen LogP contribution is 2.32. The second kappa shape index (κ2) is 5.95. The van der Waals surface area contributed by atoms with Gasteiger partial charge in [0, 0.05) is 6.42 Å².